The molecule has 4 atom stereocenters. The molecule has 2 amide bonds. The summed E-state index contributed by atoms with van der Waals surface area (Å²) in [7, 11) is 1.65. The topological polar surface area (TPSA) is 128 Å². The molecule has 2 unspecified atom stereocenters. The molecule has 13 heteroatoms. The van der Waals surface area contributed by atoms with Crippen LogP contribution in [0.15, 0.2) is 24.5 Å². The molecule has 9 nitrogen and oxygen atoms in total. The van der Waals surface area contributed by atoms with Gasteiger partial charge < -0.3 is 30.1 Å². The van der Waals surface area contributed by atoms with Crippen molar-refractivity contribution in [2.24, 2.45) is 18.9 Å². The van der Waals surface area contributed by atoms with Gasteiger partial charge in [-0.3, -0.25) is 9.59 Å². The second-order valence-corrected chi connectivity index (χ2v) is 11.1. The van der Waals surface area contributed by atoms with E-state index in [2.05, 4.69) is 10.3 Å². The van der Waals surface area contributed by atoms with Crippen molar-refractivity contribution >= 4 is 29.1 Å². The highest BCUT2D eigenvalue weighted by molar-refractivity contribution is 6.31. The van der Waals surface area contributed by atoms with E-state index in [1.165, 1.54) is 18.5 Å². The zero-order valence-electron chi connectivity index (χ0n) is 20.5. The number of aromatic nitrogens is 2. The molecule has 38 heavy (non-hydrogen) atoms. The minimum Gasteiger partial charge on any atom is -0.388 e. The molecule has 0 bridgehead atoms. The monoisotopic (exact) mass is 556 g/mol. The van der Waals surface area contributed by atoms with Gasteiger partial charge in [0.2, 0.25) is 0 Å². The summed E-state index contributed by atoms with van der Waals surface area (Å²) in [5, 5.41) is 32.8. The van der Waals surface area contributed by atoms with Crippen LogP contribution >= 0.6 is 11.6 Å². The molecular formula is C25H28ClF3N4O5. The van der Waals surface area contributed by atoms with Crippen LogP contribution in [0.25, 0.3) is 0 Å². The Morgan fingerprint density at radius 1 is 1.16 bits per heavy atom. The number of hydrogen-bond acceptors (Lipinski definition) is 6. The van der Waals surface area contributed by atoms with Crippen LogP contribution in [0.2, 0.25) is 5.02 Å². The van der Waals surface area contributed by atoms with Gasteiger partial charge in [0.05, 0.1) is 29.3 Å². The predicted octanol–water partition coefficient (Wildman–Crippen LogP) is 2.30. The van der Waals surface area contributed by atoms with Gasteiger partial charge >= 0.3 is 5.92 Å². The Morgan fingerprint density at radius 2 is 1.76 bits per heavy atom. The first-order chi connectivity index (χ1) is 17.8. The highest BCUT2D eigenvalue weighted by atomic mass is 35.5. The van der Waals surface area contributed by atoms with E-state index in [0.717, 1.165) is 6.07 Å². The first-order valence-corrected chi connectivity index (χ1v) is 12.7. The molecule has 3 fully saturated rings. The number of halogens is 4. The van der Waals surface area contributed by atoms with Gasteiger partial charge in [-0.25, -0.2) is 9.37 Å². The number of benzene rings is 1. The van der Waals surface area contributed by atoms with E-state index in [9.17, 15) is 29.3 Å². The van der Waals surface area contributed by atoms with Crippen molar-refractivity contribution < 1.29 is 38.1 Å². The van der Waals surface area contributed by atoms with E-state index in [4.69, 9.17) is 11.6 Å². The summed E-state index contributed by atoms with van der Waals surface area (Å²) < 4.78 is 45.6. The fraction of sp³-hybridized carbons (Fsp3) is 0.560. The quantitative estimate of drug-likeness (QED) is 0.447. The summed E-state index contributed by atoms with van der Waals surface area (Å²) in [6, 6.07) is 3.80. The fourth-order valence-electron chi connectivity index (χ4n) is 6.26. The number of hydrogen-bond donors (Lipinski definition) is 4. The molecule has 4 N–H and O–H groups in total. The number of nitrogens with zero attached hydrogens (tertiary/aromatic N) is 3. The molecule has 2 heterocycles. The van der Waals surface area contributed by atoms with Crippen LogP contribution in [0.4, 0.5) is 18.9 Å². The molecule has 0 spiro atoms. The van der Waals surface area contributed by atoms with Crippen LogP contribution in [-0.4, -0.2) is 78.4 Å². The van der Waals surface area contributed by atoms with Crippen molar-refractivity contribution in [3.05, 3.63) is 46.8 Å². The normalized spacial score (nSPS) is 31.1. The van der Waals surface area contributed by atoms with Crippen LogP contribution in [-0.2, 0) is 11.8 Å². The highest BCUT2D eigenvalue weighted by Crippen LogP contribution is 2.57. The number of amides is 2. The standard InChI is InChI=1S/C25H28ClF3N4O5/c1-32-11-30-20(21(32)22(36)31-15-2-3-17(27)16(26)6-15)12-4-13-7-24(38,8-14(13)5-12)25(28,29)23(37)33-9-18(34)19(35)10-33/h2-3,6,11-14,18-19,34-35,38H,4-5,7-10H2,1H3,(H,31,36)/t12?,13?,14?,18-,19-,24?/m0/s1. The van der Waals surface area contributed by atoms with Crippen molar-refractivity contribution in [3.63, 3.8) is 0 Å². The first-order valence-electron chi connectivity index (χ1n) is 12.3. The predicted molar refractivity (Wildman–Crippen MR) is 129 cm³/mol. The third kappa shape index (κ3) is 4.47. The van der Waals surface area contributed by atoms with Crippen molar-refractivity contribution in [3.8, 4) is 0 Å². The van der Waals surface area contributed by atoms with Crippen LogP contribution in [0.1, 0.15) is 47.8 Å². The summed E-state index contributed by atoms with van der Waals surface area (Å²) >= 11 is 5.80. The van der Waals surface area contributed by atoms with E-state index in [1.807, 2.05) is 0 Å². The zero-order chi connectivity index (χ0) is 27.6. The number of rotatable bonds is 5. The Bertz CT molecular complexity index is 1250. The fourth-order valence-corrected chi connectivity index (χ4v) is 6.44. The molecule has 0 radical (unpaired) electrons. The van der Waals surface area contributed by atoms with Crippen LogP contribution < -0.4 is 5.32 Å². The minimum absolute atomic E-state index is 0.142. The van der Waals surface area contributed by atoms with Gasteiger partial charge in [-0.15, -0.1) is 0 Å². The largest absolute Gasteiger partial charge is 0.388 e. The molecular weight excluding hydrogens is 529 g/mol. The molecule has 206 valence electrons. The lowest BCUT2D eigenvalue weighted by Crippen LogP contribution is -2.57. The van der Waals surface area contributed by atoms with Crippen LogP contribution in [0.5, 0.6) is 0 Å². The molecule has 2 aromatic rings. The summed E-state index contributed by atoms with van der Waals surface area (Å²) in [5.74, 6) is -7.63. The maximum absolute atomic E-state index is 15.3. The highest BCUT2D eigenvalue weighted by Gasteiger charge is 2.66. The summed E-state index contributed by atoms with van der Waals surface area (Å²) in [6.45, 7) is -0.843. The number of nitrogens with one attached hydrogen (secondary N) is 1. The van der Waals surface area contributed by atoms with Gasteiger partial charge in [-0.05, 0) is 55.7 Å². The van der Waals surface area contributed by atoms with E-state index < -0.39 is 54.5 Å². The van der Waals surface area contributed by atoms with Crippen molar-refractivity contribution in [2.75, 3.05) is 18.4 Å². The number of aryl methyl sites for hydroxylation is 1. The Labute approximate surface area is 221 Å². The number of imidazole rings is 1. The van der Waals surface area contributed by atoms with Crippen LogP contribution in [0, 0.1) is 17.7 Å². The molecule has 2 aliphatic carbocycles. The number of carbonyl (C=O) groups is 2. The van der Waals surface area contributed by atoms with Crippen molar-refractivity contribution in [1.29, 1.82) is 0 Å². The van der Waals surface area contributed by atoms with Crippen molar-refractivity contribution in [2.45, 2.75) is 55.3 Å². The second-order valence-electron chi connectivity index (χ2n) is 10.7. The number of aliphatic hydroxyl groups is 3. The summed E-state index contributed by atoms with van der Waals surface area (Å²) in [6.07, 6.45) is -0.924. The van der Waals surface area contributed by atoms with Gasteiger partial charge in [-0.2, -0.15) is 8.78 Å². The molecule has 1 aromatic carbocycles. The summed E-state index contributed by atoms with van der Waals surface area (Å²) in [4.78, 5) is 30.7. The van der Waals surface area contributed by atoms with E-state index in [0.29, 0.717) is 29.1 Å². The van der Waals surface area contributed by atoms with Gasteiger partial charge in [0, 0.05) is 31.7 Å². The Morgan fingerprint density at radius 3 is 2.34 bits per heavy atom. The number of fused-ring (bicyclic) bond motifs is 1. The van der Waals surface area contributed by atoms with Gasteiger partial charge in [0.1, 0.15) is 17.1 Å². The maximum Gasteiger partial charge on any atom is 0.352 e. The Balaban J connectivity index is 1.28. The number of β-amino-alcohol motifs (C(OH)–C–C–N with tert-alkyl or cyclic N) is 2. The molecule has 2 saturated carbocycles. The Kier molecular flexibility index (Phi) is 6.74. The van der Waals surface area contributed by atoms with Crippen LogP contribution in [0.3, 0.4) is 0 Å². The lowest BCUT2D eigenvalue weighted by atomic mass is 9.87. The SMILES string of the molecule is Cn1cnc(C2CC3CC(O)(C(F)(F)C(=O)N4C[C@H](O)[C@@H](O)C4)CC3C2)c1C(=O)Nc1ccc(F)c(Cl)c1. The third-order valence-electron chi connectivity index (χ3n) is 8.18. The number of likely N-dealkylation sites (tertiary alicyclic amines) is 1. The average molecular weight is 557 g/mol. The number of alkyl halides is 2. The zero-order valence-corrected chi connectivity index (χ0v) is 21.2. The lowest BCUT2D eigenvalue weighted by molar-refractivity contribution is -0.201. The van der Waals surface area contributed by atoms with E-state index in [1.54, 1.807) is 11.6 Å². The molecule has 1 saturated heterocycles. The van der Waals surface area contributed by atoms with Gasteiger partial charge in [-0.1, -0.05) is 11.6 Å². The maximum atomic E-state index is 15.3. The molecule has 1 aliphatic heterocycles. The lowest BCUT2D eigenvalue weighted by Gasteiger charge is -2.34. The minimum atomic E-state index is -4.08. The average Bonchev–Trinajstić information content (AvgIpc) is 3.58. The number of anilines is 1. The smallest absolute Gasteiger partial charge is 0.352 e. The Hall–Kier alpha value is -2.67. The summed E-state index contributed by atoms with van der Waals surface area (Å²) in [5.41, 5.74) is -1.47. The van der Waals surface area contributed by atoms with Gasteiger partial charge in [0.25, 0.3) is 11.8 Å². The molecule has 5 rings (SSSR count). The number of carbonyl (C=O) groups excluding carboxylic acids is 2. The molecule has 1 aromatic heterocycles. The van der Waals surface area contributed by atoms with E-state index in [-0.39, 0.29) is 41.3 Å². The van der Waals surface area contributed by atoms with Gasteiger partial charge in [0.15, 0.2) is 0 Å². The third-order valence-corrected chi connectivity index (χ3v) is 8.47. The number of aliphatic hydroxyl groups excluding tert-OH is 2. The molecule has 3 aliphatic rings. The second kappa shape index (κ2) is 9.51. The van der Waals surface area contributed by atoms with E-state index >= 15 is 8.78 Å². The van der Waals surface area contributed by atoms with Crippen molar-refractivity contribution in [1.82, 2.24) is 14.5 Å². The first kappa shape index (κ1) is 26.9.